The second-order valence-corrected chi connectivity index (χ2v) is 3.63. The van der Waals surface area contributed by atoms with Gasteiger partial charge in [-0.3, -0.25) is 4.90 Å². The molecule has 1 heterocycles. The Bertz CT molecular complexity index is 130. The van der Waals surface area contributed by atoms with E-state index in [0.29, 0.717) is 6.04 Å². The van der Waals surface area contributed by atoms with Crippen molar-refractivity contribution in [2.75, 3.05) is 26.7 Å². The first-order chi connectivity index (χ1) is 5.75. The zero-order valence-corrected chi connectivity index (χ0v) is 8.08. The lowest BCUT2D eigenvalue weighted by Crippen LogP contribution is -2.41. The molecule has 3 heteroatoms. The standard InChI is InChI=1S/C9H20N2O/c1-3-4-5-11(2)8-6-10-7-9(8)12/h8-10,12H,3-7H2,1-2H3/t8-,9-/m1/s1. The summed E-state index contributed by atoms with van der Waals surface area (Å²) in [7, 11) is 2.09. The first-order valence-electron chi connectivity index (χ1n) is 4.84. The van der Waals surface area contributed by atoms with E-state index < -0.39 is 0 Å². The summed E-state index contributed by atoms with van der Waals surface area (Å²) < 4.78 is 0. The minimum Gasteiger partial charge on any atom is -0.390 e. The van der Waals surface area contributed by atoms with Crippen molar-refractivity contribution >= 4 is 0 Å². The maximum atomic E-state index is 9.55. The molecule has 0 radical (unpaired) electrons. The van der Waals surface area contributed by atoms with Crippen molar-refractivity contribution in [2.45, 2.75) is 31.9 Å². The average molecular weight is 172 g/mol. The van der Waals surface area contributed by atoms with Gasteiger partial charge in [0, 0.05) is 19.1 Å². The van der Waals surface area contributed by atoms with Crippen molar-refractivity contribution in [1.29, 1.82) is 0 Å². The van der Waals surface area contributed by atoms with E-state index in [4.69, 9.17) is 0 Å². The SMILES string of the molecule is CCCCN(C)[C@@H]1CNC[C@H]1O. The Balaban J connectivity index is 2.25. The van der Waals surface area contributed by atoms with Gasteiger partial charge >= 0.3 is 0 Å². The molecule has 1 aliphatic rings. The Morgan fingerprint density at radius 3 is 2.75 bits per heavy atom. The van der Waals surface area contributed by atoms with E-state index in [1.165, 1.54) is 12.8 Å². The van der Waals surface area contributed by atoms with Crippen LogP contribution in [0.1, 0.15) is 19.8 Å². The number of hydrogen-bond donors (Lipinski definition) is 2. The first kappa shape index (κ1) is 9.96. The minimum absolute atomic E-state index is 0.174. The summed E-state index contributed by atoms with van der Waals surface area (Å²) in [6.45, 7) is 4.97. The molecule has 0 amide bonds. The van der Waals surface area contributed by atoms with Gasteiger partial charge in [0.15, 0.2) is 0 Å². The van der Waals surface area contributed by atoms with Crippen LogP contribution in [0.25, 0.3) is 0 Å². The smallest absolute Gasteiger partial charge is 0.0831 e. The highest BCUT2D eigenvalue weighted by atomic mass is 16.3. The van der Waals surface area contributed by atoms with Crippen LogP contribution in [0.5, 0.6) is 0 Å². The fourth-order valence-corrected chi connectivity index (χ4v) is 1.67. The van der Waals surface area contributed by atoms with Gasteiger partial charge in [0.05, 0.1) is 6.10 Å². The maximum Gasteiger partial charge on any atom is 0.0831 e. The fourth-order valence-electron chi connectivity index (χ4n) is 1.67. The number of nitrogens with one attached hydrogen (secondary N) is 1. The van der Waals surface area contributed by atoms with Crippen LogP contribution in [-0.4, -0.2) is 48.8 Å². The number of unbranched alkanes of at least 4 members (excludes halogenated alkanes) is 1. The van der Waals surface area contributed by atoms with Gasteiger partial charge in [-0.05, 0) is 20.0 Å². The van der Waals surface area contributed by atoms with E-state index in [1.54, 1.807) is 0 Å². The molecule has 0 unspecified atom stereocenters. The molecule has 0 aromatic rings. The molecule has 12 heavy (non-hydrogen) atoms. The van der Waals surface area contributed by atoms with Gasteiger partial charge in [-0.25, -0.2) is 0 Å². The zero-order chi connectivity index (χ0) is 8.97. The molecule has 1 aliphatic heterocycles. The summed E-state index contributed by atoms with van der Waals surface area (Å²) >= 11 is 0. The highest BCUT2D eigenvalue weighted by Gasteiger charge is 2.27. The van der Waals surface area contributed by atoms with Crippen molar-refractivity contribution in [2.24, 2.45) is 0 Å². The van der Waals surface area contributed by atoms with Crippen LogP contribution in [-0.2, 0) is 0 Å². The number of likely N-dealkylation sites (N-methyl/N-ethyl adjacent to an activating group) is 1. The number of aliphatic hydroxyl groups is 1. The molecule has 1 fully saturated rings. The molecule has 0 aromatic carbocycles. The van der Waals surface area contributed by atoms with Crippen molar-refractivity contribution in [3.63, 3.8) is 0 Å². The first-order valence-corrected chi connectivity index (χ1v) is 4.84. The Morgan fingerprint density at radius 1 is 1.50 bits per heavy atom. The van der Waals surface area contributed by atoms with Crippen LogP contribution >= 0.6 is 0 Å². The number of β-amino-alcohol motifs (C(OH)–C–C–N with tert-alkyl or cyclic N) is 1. The third-order valence-corrected chi connectivity index (χ3v) is 2.58. The van der Waals surface area contributed by atoms with E-state index in [1.807, 2.05) is 0 Å². The van der Waals surface area contributed by atoms with Crippen LogP contribution in [0.2, 0.25) is 0 Å². The van der Waals surface area contributed by atoms with Crippen LogP contribution in [0.3, 0.4) is 0 Å². The number of rotatable bonds is 4. The van der Waals surface area contributed by atoms with E-state index in [2.05, 4.69) is 24.2 Å². The van der Waals surface area contributed by atoms with Crippen molar-refractivity contribution in [3.05, 3.63) is 0 Å². The van der Waals surface area contributed by atoms with Gasteiger partial charge in [-0.2, -0.15) is 0 Å². The quantitative estimate of drug-likeness (QED) is 0.629. The van der Waals surface area contributed by atoms with Crippen molar-refractivity contribution in [3.8, 4) is 0 Å². The molecule has 0 bridgehead atoms. The molecule has 1 rings (SSSR count). The lowest BCUT2D eigenvalue weighted by molar-refractivity contribution is 0.0987. The molecular formula is C9H20N2O. The highest BCUT2D eigenvalue weighted by Crippen LogP contribution is 2.07. The van der Waals surface area contributed by atoms with Gasteiger partial charge in [-0.1, -0.05) is 13.3 Å². The summed E-state index contributed by atoms with van der Waals surface area (Å²) in [6.07, 6.45) is 2.27. The van der Waals surface area contributed by atoms with Crippen molar-refractivity contribution < 1.29 is 5.11 Å². The molecule has 0 spiro atoms. The molecule has 72 valence electrons. The van der Waals surface area contributed by atoms with Crippen molar-refractivity contribution in [1.82, 2.24) is 10.2 Å². The molecule has 1 saturated heterocycles. The zero-order valence-electron chi connectivity index (χ0n) is 8.08. The Kier molecular flexibility index (Phi) is 3.98. The van der Waals surface area contributed by atoms with Crippen LogP contribution in [0, 0.1) is 0 Å². The molecule has 0 aromatic heterocycles. The van der Waals surface area contributed by atoms with Gasteiger partial charge in [0.1, 0.15) is 0 Å². The fraction of sp³-hybridized carbons (Fsp3) is 1.00. The van der Waals surface area contributed by atoms with Crippen LogP contribution in [0.15, 0.2) is 0 Å². The number of nitrogens with zero attached hydrogens (tertiary/aromatic N) is 1. The normalized spacial score (nSPS) is 30.0. The van der Waals surface area contributed by atoms with E-state index in [0.717, 1.165) is 19.6 Å². The lowest BCUT2D eigenvalue weighted by Gasteiger charge is -2.25. The van der Waals surface area contributed by atoms with Crippen LogP contribution < -0.4 is 5.32 Å². The van der Waals surface area contributed by atoms with Gasteiger partial charge in [0.25, 0.3) is 0 Å². The summed E-state index contributed by atoms with van der Waals surface area (Å²) in [5.41, 5.74) is 0. The Hall–Kier alpha value is -0.120. The molecular weight excluding hydrogens is 152 g/mol. The number of aliphatic hydroxyl groups excluding tert-OH is 1. The summed E-state index contributed by atoms with van der Waals surface area (Å²) in [5.74, 6) is 0. The lowest BCUT2D eigenvalue weighted by atomic mass is 10.2. The minimum atomic E-state index is -0.174. The third-order valence-electron chi connectivity index (χ3n) is 2.58. The molecule has 2 atom stereocenters. The van der Waals surface area contributed by atoms with Gasteiger partial charge in [0.2, 0.25) is 0 Å². The topological polar surface area (TPSA) is 35.5 Å². The average Bonchev–Trinajstić information content (AvgIpc) is 2.47. The summed E-state index contributed by atoms with van der Waals surface area (Å²) in [6, 6.07) is 0.330. The predicted octanol–water partition coefficient (Wildman–Crippen LogP) is 0.0510. The predicted molar refractivity (Wildman–Crippen MR) is 50.2 cm³/mol. The molecule has 2 N–H and O–H groups in total. The van der Waals surface area contributed by atoms with E-state index >= 15 is 0 Å². The molecule has 0 saturated carbocycles. The maximum absolute atomic E-state index is 9.55. The largest absolute Gasteiger partial charge is 0.390 e. The highest BCUT2D eigenvalue weighted by molar-refractivity contribution is 4.86. The second-order valence-electron chi connectivity index (χ2n) is 3.63. The summed E-state index contributed by atoms with van der Waals surface area (Å²) in [4.78, 5) is 2.26. The van der Waals surface area contributed by atoms with Gasteiger partial charge in [-0.15, -0.1) is 0 Å². The molecule has 0 aliphatic carbocycles. The van der Waals surface area contributed by atoms with Gasteiger partial charge < -0.3 is 10.4 Å². The van der Waals surface area contributed by atoms with E-state index in [9.17, 15) is 5.11 Å². The second kappa shape index (κ2) is 4.80. The number of hydrogen-bond acceptors (Lipinski definition) is 3. The van der Waals surface area contributed by atoms with Crippen LogP contribution in [0.4, 0.5) is 0 Å². The molecule has 3 nitrogen and oxygen atoms in total. The Labute approximate surface area is 74.8 Å². The monoisotopic (exact) mass is 172 g/mol. The third kappa shape index (κ3) is 2.44. The summed E-state index contributed by atoms with van der Waals surface area (Å²) in [5, 5.41) is 12.7. The Morgan fingerprint density at radius 2 is 2.25 bits per heavy atom. The van der Waals surface area contributed by atoms with E-state index in [-0.39, 0.29) is 6.10 Å².